The molecule has 31 heavy (non-hydrogen) atoms. The second kappa shape index (κ2) is 8.47. The summed E-state index contributed by atoms with van der Waals surface area (Å²) in [6.07, 6.45) is 4.20. The molecule has 4 N–H and O–H groups in total. The molecule has 0 aliphatic carbocycles. The van der Waals surface area contributed by atoms with Gasteiger partial charge in [0.1, 0.15) is 5.75 Å². The van der Waals surface area contributed by atoms with E-state index in [0.29, 0.717) is 36.6 Å². The van der Waals surface area contributed by atoms with Gasteiger partial charge in [-0.2, -0.15) is 9.97 Å². The van der Waals surface area contributed by atoms with Gasteiger partial charge in [0.2, 0.25) is 11.8 Å². The van der Waals surface area contributed by atoms with E-state index < -0.39 is 0 Å². The van der Waals surface area contributed by atoms with Crippen molar-refractivity contribution in [3.05, 3.63) is 59.2 Å². The fourth-order valence-electron chi connectivity index (χ4n) is 3.49. The van der Waals surface area contributed by atoms with Crippen molar-refractivity contribution in [3.63, 3.8) is 0 Å². The van der Waals surface area contributed by atoms with Crippen LogP contribution in [0.4, 0.5) is 11.6 Å². The second-order valence-corrected chi connectivity index (χ2v) is 7.32. The number of anilines is 2. The Hall–Kier alpha value is -3.88. The van der Waals surface area contributed by atoms with Gasteiger partial charge >= 0.3 is 0 Å². The molecule has 0 radical (unpaired) electrons. The molecule has 0 aliphatic rings. The average Bonchev–Trinajstić information content (AvgIpc) is 3.14. The third-order valence-electron chi connectivity index (χ3n) is 5.13. The van der Waals surface area contributed by atoms with E-state index in [4.69, 9.17) is 20.9 Å². The number of nitrogens with zero attached hydrogens (tertiary/aromatic N) is 5. The Bertz CT molecular complexity index is 1220. The predicted molar refractivity (Wildman–Crippen MR) is 119 cm³/mol. The summed E-state index contributed by atoms with van der Waals surface area (Å²) in [4.78, 5) is 17.6. The number of pyridine rings is 1. The number of ether oxygens (including phenoxy) is 2. The van der Waals surface area contributed by atoms with Crippen molar-refractivity contribution in [2.75, 3.05) is 25.2 Å². The van der Waals surface area contributed by atoms with Crippen LogP contribution in [0.25, 0.3) is 11.2 Å². The molecule has 0 fully saturated rings. The molecule has 0 bridgehead atoms. The lowest BCUT2D eigenvalue weighted by Gasteiger charge is -2.13. The van der Waals surface area contributed by atoms with Crippen molar-refractivity contribution >= 4 is 22.8 Å². The summed E-state index contributed by atoms with van der Waals surface area (Å²) >= 11 is 0. The first kappa shape index (κ1) is 20.4. The quantitative estimate of drug-likeness (QED) is 0.438. The van der Waals surface area contributed by atoms with Gasteiger partial charge in [-0.15, -0.1) is 0 Å². The highest BCUT2D eigenvalue weighted by Crippen LogP contribution is 2.27. The number of imidazole rings is 1. The lowest BCUT2D eigenvalue weighted by Crippen LogP contribution is -2.08. The largest absolute Gasteiger partial charge is 0.496 e. The topological polar surface area (TPSA) is 127 Å². The van der Waals surface area contributed by atoms with E-state index in [1.807, 2.05) is 42.7 Å². The van der Waals surface area contributed by atoms with E-state index in [9.17, 15) is 0 Å². The van der Waals surface area contributed by atoms with Gasteiger partial charge in [0.25, 0.3) is 0 Å². The van der Waals surface area contributed by atoms with Gasteiger partial charge in [0.15, 0.2) is 11.2 Å². The van der Waals surface area contributed by atoms with Crippen molar-refractivity contribution in [2.24, 2.45) is 0 Å². The third-order valence-corrected chi connectivity index (χ3v) is 5.13. The van der Waals surface area contributed by atoms with Crippen LogP contribution in [-0.4, -0.2) is 38.2 Å². The standard InChI is InChI=1S/C22H25N7O2/c1-13-10-25-17(14(2)19(13)30-3)11-29-12-26-18-20(29)27-22(24)28-21(18)31-9-8-15-4-6-16(23)7-5-15/h4-7,10,12H,8-9,11,23H2,1-3H3,(H2,24,27,28). The summed E-state index contributed by atoms with van der Waals surface area (Å²) in [6, 6.07) is 7.69. The fraction of sp³-hybridized carbons (Fsp3) is 0.273. The predicted octanol–water partition coefficient (Wildman–Crippen LogP) is 2.68. The third kappa shape index (κ3) is 4.20. The van der Waals surface area contributed by atoms with E-state index in [-0.39, 0.29) is 5.95 Å². The maximum Gasteiger partial charge on any atom is 0.247 e. The number of nitrogens with two attached hydrogens (primary N) is 2. The second-order valence-electron chi connectivity index (χ2n) is 7.32. The smallest absolute Gasteiger partial charge is 0.247 e. The Morgan fingerprint density at radius 2 is 1.81 bits per heavy atom. The zero-order valence-corrected chi connectivity index (χ0v) is 17.8. The molecule has 3 aromatic heterocycles. The molecule has 0 aliphatic heterocycles. The van der Waals surface area contributed by atoms with E-state index >= 15 is 0 Å². The monoisotopic (exact) mass is 419 g/mol. The molecule has 0 unspecified atom stereocenters. The van der Waals surface area contributed by atoms with E-state index in [2.05, 4.69) is 19.9 Å². The summed E-state index contributed by atoms with van der Waals surface area (Å²) in [5.41, 5.74) is 17.5. The summed E-state index contributed by atoms with van der Waals surface area (Å²) in [7, 11) is 1.66. The first-order valence-electron chi connectivity index (χ1n) is 9.91. The molecule has 0 amide bonds. The first-order chi connectivity index (χ1) is 15.0. The molecule has 4 aromatic rings. The molecule has 0 saturated carbocycles. The van der Waals surface area contributed by atoms with Gasteiger partial charge in [-0.25, -0.2) is 4.98 Å². The molecule has 4 rings (SSSR count). The van der Waals surface area contributed by atoms with Crippen molar-refractivity contribution in [1.82, 2.24) is 24.5 Å². The number of rotatable bonds is 7. The molecule has 9 nitrogen and oxygen atoms in total. The zero-order chi connectivity index (χ0) is 22.0. The number of benzene rings is 1. The molecule has 0 saturated heterocycles. The van der Waals surface area contributed by atoms with E-state index in [1.54, 1.807) is 19.6 Å². The van der Waals surface area contributed by atoms with Crippen LogP contribution in [0.5, 0.6) is 11.6 Å². The Labute approximate surface area is 180 Å². The number of fused-ring (bicyclic) bond motifs is 1. The Balaban J connectivity index is 1.57. The van der Waals surface area contributed by atoms with Gasteiger partial charge in [-0.1, -0.05) is 12.1 Å². The van der Waals surface area contributed by atoms with Gasteiger partial charge < -0.3 is 25.5 Å². The average molecular weight is 419 g/mol. The summed E-state index contributed by atoms with van der Waals surface area (Å²) < 4.78 is 13.3. The van der Waals surface area contributed by atoms with Gasteiger partial charge in [-0.05, 0) is 31.5 Å². The number of aryl methyl sites for hydroxylation is 1. The molecule has 0 spiro atoms. The Morgan fingerprint density at radius 3 is 2.55 bits per heavy atom. The van der Waals surface area contributed by atoms with Crippen LogP contribution in [0.3, 0.4) is 0 Å². The van der Waals surface area contributed by atoms with Crippen LogP contribution >= 0.6 is 0 Å². The summed E-state index contributed by atoms with van der Waals surface area (Å²) in [5.74, 6) is 1.32. The minimum atomic E-state index is 0.128. The highest BCUT2D eigenvalue weighted by molar-refractivity contribution is 5.77. The minimum Gasteiger partial charge on any atom is -0.496 e. The molecule has 1 aromatic carbocycles. The van der Waals surface area contributed by atoms with Crippen molar-refractivity contribution in [3.8, 4) is 11.6 Å². The van der Waals surface area contributed by atoms with Gasteiger partial charge in [-0.3, -0.25) is 4.98 Å². The SMILES string of the molecule is COc1c(C)cnc(Cn2cnc3c(OCCc4ccc(N)cc4)nc(N)nc32)c1C. The van der Waals surface area contributed by atoms with Crippen LogP contribution in [-0.2, 0) is 13.0 Å². The maximum absolute atomic E-state index is 5.95. The molecular weight excluding hydrogens is 394 g/mol. The van der Waals surface area contributed by atoms with Crippen LogP contribution in [0.15, 0.2) is 36.8 Å². The molecule has 160 valence electrons. The van der Waals surface area contributed by atoms with Crippen LogP contribution in [0.2, 0.25) is 0 Å². The fourth-order valence-corrected chi connectivity index (χ4v) is 3.49. The summed E-state index contributed by atoms with van der Waals surface area (Å²) in [6.45, 7) is 4.86. The number of nitrogen functional groups attached to an aromatic ring is 2. The lowest BCUT2D eigenvalue weighted by molar-refractivity contribution is 0.313. The lowest BCUT2D eigenvalue weighted by atomic mass is 10.1. The van der Waals surface area contributed by atoms with Crippen LogP contribution in [0, 0.1) is 13.8 Å². The minimum absolute atomic E-state index is 0.128. The molecule has 9 heteroatoms. The molecule has 3 heterocycles. The Morgan fingerprint density at radius 1 is 1.03 bits per heavy atom. The normalized spacial score (nSPS) is 11.1. The Kier molecular flexibility index (Phi) is 5.57. The highest BCUT2D eigenvalue weighted by Gasteiger charge is 2.16. The first-order valence-corrected chi connectivity index (χ1v) is 9.91. The highest BCUT2D eigenvalue weighted by atomic mass is 16.5. The molecular formula is C22H25N7O2. The maximum atomic E-state index is 5.95. The van der Waals surface area contributed by atoms with E-state index in [1.165, 1.54) is 0 Å². The van der Waals surface area contributed by atoms with E-state index in [0.717, 1.165) is 33.8 Å². The van der Waals surface area contributed by atoms with Crippen LogP contribution in [0.1, 0.15) is 22.4 Å². The van der Waals surface area contributed by atoms with Crippen molar-refractivity contribution in [2.45, 2.75) is 26.8 Å². The van der Waals surface area contributed by atoms with Gasteiger partial charge in [0, 0.05) is 29.4 Å². The number of hydrogen-bond donors (Lipinski definition) is 2. The zero-order valence-electron chi connectivity index (χ0n) is 17.8. The number of aromatic nitrogens is 5. The van der Waals surface area contributed by atoms with Gasteiger partial charge in [0.05, 0.1) is 32.3 Å². The molecule has 0 atom stereocenters. The number of hydrogen-bond acceptors (Lipinski definition) is 8. The number of methoxy groups -OCH3 is 1. The summed E-state index contributed by atoms with van der Waals surface area (Å²) in [5, 5.41) is 0. The van der Waals surface area contributed by atoms with Crippen molar-refractivity contribution < 1.29 is 9.47 Å². The van der Waals surface area contributed by atoms with Crippen molar-refractivity contribution in [1.29, 1.82) is 0 Å². The van der Waals surface area contributed by atoms with Crippen LogP contribution < -0.4 is 20.9 Å².